The van der Waals surface area contributed by atoms with Crippen LogP contribution in [-0.4, -0.2) is 26.0 Å². The normalized spacial score (nSPS) is 13.0. The quantitative estimate of drug-likeness (QED) is 0.719. The zero-order valence-corrected chi connectivity index (χ0v) is 13.9. The topological polar surface area (TPSA) is 85.1 Å². The second kappa shape index (κ2) is 7.09. The van der Waals surface area contributed by atoms with E-state index in [-0.39, 0.29) is 17.5 Å². The molecule has 0 fully saturated rings. The maximum Gasteiger partial charge on any atom is 0.240 e. The monoisotopic (exact) mass is 341 g/mol. The number of aromatic nitrogens is 1. The lowest BCUT2D eigenvalue weighted by Gasteiger charge is -2.13. The van der Waals surface area contributed by atoms with E-state index in [2.05, 4.69) is 9.71 Å². The third-order valence-corrected chi connectivity index (χ3v) is 5.22. The van der Waals surface area contributed by atoms with Crippen LogP contribution < -0.4 is 10.5 Å². The van der Waals surface area contributed by atoms with Crippen LogP contribution in [0.3, 0.4) is 0 Å². The average molecular weight is 341 g/mol. The molecule has 0 spiro atoms. The van der Waals surface area contributed by atoms with Crippen molar-refractivity contribution < 1.29 is 8.42 Å². The predicted octanol–water partition coefficient (Wildman–Crippen LogP) is 2.08. The molecule has 3 rings (SSSR count). The summed E-state index contributed by atoms with van der Waals surface area (Å²) >= 11 is 0. The molecule has 0 bridgehead atoms. The van der Waals surface area contributed by atoms with Crippen LogP contribution in [0.5, 0.6) is 0 Å². The highest BCUT2D eigenvalue weighted by Gasteiger charge is 2.16. The highest BCUT2D eigenvalue weighted by atomic mass is 32.2. The molecule has 2 aromatic carbocycles. The first-order valence-corrected chi connectivity index (χ1v) is 9.16. The molecule has 0 saturated carbocycles. The van der Waals surface area contributed by atoms with Gasteiger partial charge in [-0.05, 0) is 35.6 Å². The van der Waals surface area contributed by atoms with Crippen LogP contribution in [0.1, 0.15) is 5.56 Å². The number of hydrogen-bond acceptors (Lipinski definition) is 4. The molecule has 0 saturated heterocycles. The molecule has 0 aliphatic carbocycles. The van der Waals surface area contributed by atoms with Crippen molar-refractivity contribution in [2.24, 2.45) is 5.73 Å². The smallest absolute Gasteiger partial charge is 0.240 e. The van der Waals surface area contributed by atoms with Crippen LogP contribution >= 0.6 is 0 Å². The van der Waals surface area contributed by atoms with E-state index in [4.69, 9.17) is 5.73 Å². The van der Waals surface area contributed by atoms with Crippen LogP contribution in [0.25, 0.3) is 10.8 Å². The van der Waals surface area contributed by atoms with Gasteiger partial charge in [0.2, 0.25) is 10.0 Å². The van der Waals surface area contributed by atoms with Crippen molar-refractivity contribution in [1.82, 2.24) is 9.71 Å². The summed E-state index contributed by atoms with van der Waals surface area (Å²) in [4.78, 5) is 4.25. The number of sulfonamides is 1. The molecule has 3 aromatic rings. The summed E-state index contributed by atoms with van der Waals surface area (Å²) in [6.45, 7) is 0.186. The lowest BCUT2D eigenvalue weighted by Crippen LogP contribution is -2.38. The summed E-state index contributed by atoms with van der Waals surface area (Å²) in [6, 6.07) is 16.2. The van der Waals surface area contributed by atoms with E-state index in [1.54, 1.807) is 36.7 Å². The molecule has 0 aliphatic heterocycles. The number of rotatable bonds is 6. The van der Waals surface area contributed by atoms with Gasteiger partial charge >= 0.3 is 0 Å². The van der Waals surface area contributed by atoms with Gasteiger partial charge in [0.1, 0.15) is 0 Å². The SMILES string of the molecule is NC(CNS(=O)(=O)c1ccc2cnccc2c1)Cc1ccccc1. The van der Waals surface area contributed by atoms with Crippen LogP contribution in [0.4, 0.5) is 0 Å². The van der Waals surface area contributed by atoms with E-state index in [1.165, 1.54) is 0 Å². The van der Waals surface area contributed by atoms with Crippen LogP contribution in [-0.2, 0) is 16.4 Å². The van der Waals surface area contributed by atoms with Gasteiger partial charge in [-0.15, -0.1) is 0 Å². The molecule has 5 nitrogen and oxygen atoms in total. The molecule has 0 radical (unpaired) electrons. The summed E-state index contributed by atoms with van der Waals surface area (Å²) in [5.41, 5.74) is 7.13. The Morgan fingerprint density at radius 1 is 1.04 bits per heavy atom. The minimum Gasteiger partial charge on any atom is -0.326 e. The van der Waals surface area contributed by atoms with Crippen molar-refractivity contribution in [2.75, 3.05) is 6.54 Å². The predicted molar refractivity (Wildman–Crippen MR) is 95.1 cm³/mol. The maximum absolute atomic E-state index is 12.5. The summed E-state index contributed by atoms with van der Waals surface area (Å²) in [5, 5.41) is 1.73. The van der Waals surface area contributed by atoms with Crippen molar-refractivity contribution in [1.29, 1.82) is 0 Å². The Labute approximate surface area is 141 Å². The Morgan fingerprint density at radius 3 is 2.62 bits per heavy atom. The van der Waals surface area contributed by atoms with E-state index in [1.807, 2.05) is 30.3 Å². The Kier molecular flexibility index (Phi) is 4.89. The number of pyridine rings is 1. The Bertz CT molecular complexity index is 927. The number of benzene rings is 2. The van der Waals surface area contributed by atoms with Gasteiger partial charge in [-0.3, -0.25) is 4.98 Å². The highest BCUT2D eigenvalue weighted by molar-refractivity contribution is 7.89. The van der Waals surface area contributed by atoms with Gasteiger partial charge in [0.05, 0.1) is 4.90 Å². The van der Waals surface area contributed by atoms with Gasteiger partial charge in [0, 0.05) is 30.4 Å². The summed E-state index contributed by atoms with van der Waals surface area (Å²) < 4.78 is 27.5. The zero-order chi connectivity index (χ0) is 17.0. The molecule has 6 heteroatoms. The molecule has 3 N–H and O–H groups in total. The number of hydrogen-bond donors (Lipinski definition) is 2. The van der Waals surface area contributed by atoms with E-state index in [9.17, 15) is 8.42 Å². The first-order valence-electron chi connectivity index (χ1n) is 7.67. The first-order chi connectivity index (χ1) is 11.5. The van der Waals surface area contributed by atoms with Crippen molar-refractivity contribution >= 4 is 20.8 Å². The Hall–Kier alpha value is -2.28. The largest absolute Gasteiger partial charge is 0.326 e. The minimum atomic E-state index is -3.59. The number of nitrogens with zero attached hydrogens (tertiary/aromatic N) is 1. The molecular weight excluding hydrogens is 322 g/mol. The Morgan fingerprint density at radius 2 is 1.83 bits per heavy atom. The number of nitrogens with one attached hydrogen (secondary N) is 1. The molecule has 24 heavy (non-hydrogen) atoms. The van der Waals surface area contributed by atoms with Gasteiger partial charge in [-0.25, -0.2) is 13.1 Å². The molecular formula is C18H19N3O2S. The lowest BCUT2D eigenvalue weighted by molar-refractivity contribution is 0.567. The van der Waals surface area contributed by atoms with E-state index >= 15 is 0 Å². The molecule has 1 unspecified atom stereocenters. The average Bonchev–Trinajstić information content (AvgIpc) is 2.60. The molecule has 1 aromatic heterocycles. The second-order valence-electron chi connectivity index (χ2n) is 5.69. The van der Waals surface area contributed by atoms with Crippen molar-refractivity contribution in [3.8, 4) is 0 Å². The fourth-order valence-corrected chi connectivity index (χ4v) is 3.65. The fraction of sp³-hybridized carbons (Fsp3) is 0.167. The molecule has 0 amide bonds. The standard InChI is InChI=1S/C18H19N3O2S/c19-17(10-14-4-2-1-3-5-14)13-21-24(22,23)18-7-6-16-12-20-9-8-15(16)11-18/h1-9,11-12,17,21H,10,13,19H2. The number of fused-ring (bicyclic) bond motifs is 1. The van der Waals surface area contributed by atoms with Crippen molar-refractivity contribution in [3.63, 3.8) is 0 Å². The van der Waals surface area contributed by atoms with Gasteiger partial charge in [-0.2, -0.15) is 0 Å². The second-order valence-corrected chi connectivity index (χ2v) is 7.45. The van der Waals surface area contributed by atoms with Gasteiger partial charge in [0.15, 0.2) is 0 Å². The van der Waals surface area contributed by atoms with Crippen LogP contribution in [0, 0.1) is 0 Å². The van der Waals surface area contributed by atoms with E-state index in [0.29, 0.717) is 6.42 Å². The summed E-state index contributed by atoms with van der Waals surface area (Å²) in [5.74, 6) is 0. The van der Waals surface area contributed by atoms with E-state index in [0.717, 1.165) is 16.3 Å². The van der Waals surface area contributed by atoms with Gasteiger partial charge in [-0.1, -0.05) is 36.4 Å². The van der Waals surface area contributed by atoms with E-state index < -0.39 is 10.0 Å². The zero-order valence-electron chi connectivity index (χ0n) is 13.1. The van der Waals surface area contributed by atoms with Gasteiger partial charge < -0.3 is 5.73 Å². The summed E-state index contributed by atoms with van der Waals surface area (Å²) in [7, 11) is -3.59. The molecule has 0 aliphatic rings. The maximum atomic E-state index is 12.5. The van der Waals surface area contributed by atoms with Crippen molar-refractivity contribution in [3.05, 3.63) is 72.6 Å². The van der Waals surface area contributed by atoms with Gasteiger partial charge in [0.25, 0.3) is 0 Å². The molecule has 1 atom stereocenters. The summed E-state index contributed by atoms with van der Waals surface area (Å²) in [6.07, 6.45) is 3.96. The molecule has 124 valence electrons. The highest BCUT2D eigenvalue weighted by Crippen LogP contribution is 2.18. The lowest BCUT2D eigenvalue weighted by atomic mass is 10.1. The van der Waals surface area contributed by atoms with Crippen molar-refractivity contribution in [2.45, 2.75) is 17.4 Å². The Balaban J connectivity index is 1.68. The minimum absolute atomic E-state index is 0.186. The van der Waals surface area contributed by atoms with Crippen LogP contribution in [0.15, 0.2) is 71.9 Å². The molecule has 1 heterocycles. The third kappa shape index (κ3) is 3.97. The number of nitrogens with two attached hydrogens (primary N) is 1. The third-order valence-electron chi connectivity index (χ3n) is 3.80. The first kappa shape index (κ1) is 16.6. The fourth-order valence-electron chi connectivity index (χ4n) is 2.52. The van der Waals surface area contributed by atoms with Crippen LogP contribution in [0.2, 0.25) is 0 Å².